The largest absolute Gasteiger partial charge is 0.335 e. The molecule has 1 heterocycles. The van der Waals surface area contributed by atoms with Crippen molar-refractivity contribution in [3.63, 3.8) is 0 Å². The molecule has 172 valence electrons. The van der Waals surface area contributed by atoms with Crippen LogP contribution in [0, 0.1) is 6.92 Å². The van der Waals surface area contributed by atoms with E-state index in [2.05, 4.69) is 5.32 Å². The number of ketones is 1. The number of hydrogen-bond acceptors (Lipinski definition) is 7. The summed E-state index contributed by atoms with van der Waals surface area (Å²) in [5.74, 6) is -1.94. The Morgan fingerprint density at radius 1 is 1.09 bits per heavy atom. The number of amides is 1. The number of aryl methyl sites for hydroxylation is 1. The Kier molecular flexibility index (Phi) is 7.35. The van der Waals surface area contributed by atoms with E-state index in [1.807, 2.05) is 0 Å². The smallest absolute Gasteiger partial charge is 0.325 e. The first kappa shape index (κ1) is 24.3. The molecule has 0 aromatic heterocycles. The van der Waals surface area contributed by atoms with Crippen molar-refractivity contribution in [2.45, 2.75) is 32.2 Å². The van der Waals surface area contributed by atoms with Gasteiger partial charge >= 0.3 is 7.60 Å². The molecule has 2 aromatic rings. The van der Waals surface area contributed by atoms with Crippen LogP contribution in [-0.4, -0.2) is 39.1 Å². The van der Waals surface area contributed by atoms with Gasteiger partial charge in [-0.25, -0.2) is 8.42 Å². The highest BCUT2D eigenvalue weighted by molar-refractivity contribution is 7.93. The van der Waals surface area contributed by atoms with E-state index < -0.39 is 40.1 Å². The van der Waals surface area contributed by atoms with Gasteiger partial charge < -0.3 is 14.4 Å². The van der Waals surface area contributed by atoms with E-state index >= 15 is 0 Å². The molecule has 0 saturated carbocycles. The van der Waals surface area contributed by atoms with E-state index in [0.717, 1.165) is 5.56 Å². The second-order valence-corrected chi connectivity index (χ2v) is 11.6. The van der Waals surface area contributed by atoms with Gasteiger partial charge in [0, 0.05) is 11.3 Å². The molecule has 1 N–H and O–H groups in total. The van der Waals surface area contributed by atoms with E-state index in [9.17, 15) is 22.6 Å². The molecule has 0 aliphatic carbocycles. The van der Waals surface area contributed by atoms with Gasteiger partial charge in [0.1, 0.15) is 5.75 Å². The van der Waals surface area contributed by atoms with Gasteiger partial charge in [-0.15, -0.1) is 0 Å². The molecule has 0 spiro atoms. The number of Topliss-reactive ketones (excluding diaryl/α,β-unsaturated/α-hetero) is 1. The van der Waals surface area contributed by atoms with Crippen LogP contribution in [0.25, 0.3) is 0 Å². The van der Waals surface area contributed by atoms with Crippen molar-refractivity contribution in [2.24, 2.45) is 0 Å². The number of carbonyl (C=O) groups excluding carboxylic acids is 2. The van der Waals surface area contributed by atoms with Crippen LogP contribution in [0.1, 0.15) is 46.1 Å². The highest BCUT2D eigenvalue weighted by Crippen LogP contribution is 2.51. The SMILES string of the molecule is CCOP(=O)(Cc1ccc(NC(=O)C2c3ccc(C)cc3C(=O)CS2(=O)=O)cc1)OCC. The molecule has 32 heavy (non-hydrogen) atoms. The molecule has 8 nitrogen and oxygen atoms in total. The minimum Gasteiger partial charge on any atom is -0.325 e. The van der Waals surface area contributed by atoms with Gasteiger partial charge in [-0.3, -0.25) is 14.2 Å². The molecule has 1 atom stereocenters. The molecule has 0 bridgehead atoms. The van der Waals surface area contributed by atoms with E-state index in [4.69, 9.17) is 9.05 Å². The predicted molar refractivity (Wildman–Crippen MR) is 122 cm³/mol. The summed E-state index contributed by atoms with van der Waals surface area (Å²) in [5, 5.41) is 1.15. The van der Waals surface area contributed by atoms with Crippen LogP contribution in [0.4, 0.5) is 5.69 Å². The third-order valence-corrected chi connectivity index (χ3v) is 8.88. The summed E-state index contributed by atoms with van der Waals surface area (Å²) in [4.78, 5) is 25.2. The minimum absolute atomic E-state index is 0.0781. The van der Waals surface area contributed by atoms with Crippen LogP contribution in [-0.2, 0) is 34.4 Å². The normalized spacial score (nSPS) is 17.6. The molecule has 3 rings (SSSR count). The maximum atomic E-state index is 12.9. The summed E-state index contributed by atoms with van der Waals surface area (Å²) >= 11 is 0. The van der Waals surface area contributed by atoms with Crippen molar-refractivity contribution in [2.75, 3.05) is 24.3 Å². The average Bonchev–Trinajstić information content (AvgIpc) is 2.69. The Labute approximate surface area is 187 Å². The zero-order valence-electron chi connectivity index (χ0n) is 18.2. The van der Waals surface area contributed by atoms with Crippen LogP contribution in [0.3, 0.4) is 0 Å². The van der Waals surface area contributed by atoms with Gasteiger partial charge in [-0.05, 0) is 50.1 Å². The number of hydrogen-bond donors (Lipinski definition) is 1. The van der Waals surface area contributed by atoms with Crippen LogP contribution < -0.4 is 5.32 Å². The van der Waals surface area contributed by atoms with Gasteiger partial charge in [-0.2, -0.15) is 0 Å². The van der Waals surface area contributed by atoms with Gasteiger partial charge in [0.15, 0.2) is 20.9 Å². The number of carbonyl (C=O) groups is 2. The van der Waals surface area contributed by atoms with Crippen molar-refractivity contribution in [3.8, 4) is 0 Å². The molecule has 0 saturated heterocycles. The Balaban J connectivity index is 1.81. The second-order valence-electron chi connectivity index (χ2n) is 7.49. The van der Waals surface area contributed by atoms with Crippen molar-refractivity contribution in [3.05, 3.63) is 64.7 Å². The lowest BCUT2D eigenvalue weighted by Crippen LogP contribution is -2.37. The predicted octanol–water partition coefficient (Wildman–Crippen LogP) is 4.05. The molecule has 1 aliphatic rings. The van der Waals surface area contributed by atoms with Crippen molar-refractivity contribution >= 4 is 34.8 Å². The third-order valence-electron chi connectivity index (χ3n) is 4.97. The topological polar surface area (TPSA) is 116 Å². The van der Waals surface area contributed by atoms with Crippen LogP contribution in [0.5, 0.6) is 0 Å². The maximum absolute atomic E-state index is 12.9. The Hall–Kier alpha value is -2.32. The number of rotatable bonds is 8. The van der Waals surface area contributed by atoms with Gasteiger partial charge in [-0.1, -0.05) is 29.8 Å². The highest BCUT2D eigenvalue weighted by Gasteiger charge is 2.42. The molecule has 10 heteroatoms. The monoisotopic (exact) mass is 479 g/mol. The van der Waals surface area contributed by atoms with Crippen LogP contribution >= 0.6 is 7.60 Å². The fraction of sp³-hybridized carbons (Fsp3) is 0.364. The van der Waals surface area contributed by atoms with Gasteiger partial charge in [0.05, 0.1) is 19.4 Å². The van der Waals surface area contributed by atoms with Crippen molar-refractivity contribution in [1.29, 1.82) is 0 Å². The number of anilines is 1. The Morgan fingerprint density at radius 2 is 1.72 bits per heavy atom. The summed E-state index contributed by atoms with van der Waals surface area (Å²) in [6.07, 6.45) is 0.0781. The average molecular weight is 479 g/mol. The quantitative estimate of drug-likeness (QED) is 0.568. The summed E-state index contributed by atoms with van der Waals surface area (Å²) in [5.41, 5.74) is 2.32. The summed E-state index contributed by atoms with van der Waals surface area (Å²) in [6, 6.07) is 11.3. The fourth-order valence-electron chi connectivity index (χ4n) is 3.63. The maximum Gasteiger partial charge on any atom is 0.335 e. The third kappa shape index (κ3) is 5.35. The lowest BCUT2D eigenvalue weighted by molar-refractivity contribution is -0.115. The van der Waals surface area contributed by atoms with Crippen molar-refractivity contribution < 1.29 is 31.6 Å². The molecular weight excluding hydrogens is 453 g/mol. The molecule has 2 aromatic carbocycles. The van der Waals surface area contributed by atoms with Crippen LogP contribution in [0.2, 0.25) is 0 Å². The lowest BCUT2D eigenvalue weighted by Gasteiger charge is -2.24. The van der Waals surface area contributed by atoms with Crippen LogP contribution in [0.15, 0.2) is 42.5 Å². The van der Waals surface area contributed by atoms with Crippen molar-refractivity contribution in [1.82, 2.24) is 0 Å². The summed E-state index contributed by atoms with van der Waals surface area (Å²) in [7, 11) is -7.26. The van der Waals surface area contributed by atoms with E-state index in [1.54, 1.807) is 57.2 Å². The molecule has 1 unspecified atom stereocenters. The zero-order chi connectivity index (χ0) is 23.5. The Bertz CT molecular complexity index is 1170. The number of sulfone groups is 1. The Morgan fingerprint density at radius 3 is 2.31 bits per heavy atom. The van der Waals surface area contributed by atoms with E-state index in [1.165, 1.54) is 6.07 Å². The zero-order valence-corrected chi connectivity index (χ0v) is 19.9. The van der Waals surface area contributed by atoms with E-state index in [0.29, 0.717) is 11.3 Å². The summed E-state index contributed by atoms with van der Waals surface area (Å²) < 4.78 is 48.6. The molecule has 0 fully saturated rings. The van der Waals surface area contributed by atoms with E-state index in [-0.39, 0.29) is 30.5 Å². The second kappa shape index (κ2) is 9.67. The fourth-order valence-corrected chi connectivity index (χ4v) is 7.00. The molecule has 0 radical (unpaired) electrons. The first-order chi connectivity index (χ1) is 15.1. The number of nitrogens with one attached hydrogen (secondary N) is 1. The first-order valence-electron chi connectivity index (χ1n) is 10.2. The van der Waals surface area contributed by atoms with Gasteiger partial charge in [0.25, 0.3) is 0 Å². The standard InChI is InChI=1S/C22H26NO7PS/c1-4-29-31(26,30-5-2)13-16-7-9-17(10-8-16)23-22(25)21-18-11-6-15(3)12-19(18)20(24)14-32(21,27)28/h6-12,21H,4-5,13-14H2,1-3H3,(H,23,25). The van der Waals surface area contributed by atoms with Gasteiger partial charge in [0.2, 0.25) is 5.91 Å². The first-order valence-corrected chi connectivity index (χ1v) is 13.7. The molecular formula is C22H26NO7PS. The highest BCUT2D eigenvalue weighted by atomic mass is 32.2. The number of benzene rings is 2. The summed E-state index contributed by atoms with van der Waals surface area (Å²) in [6.45, 7) is 5.77. The molecule has 1 aliphatic heterocycles. The molecule has 1 amide bonds. The minimum atomic E-state index is -3.99. The number of fused-ring (bicyclic) bond motifs is 1. The lowest BCUT2D eigenvalue weighted by atomic mass is 9.98.